The van der Waals surface area contributed by atoms with Crippen LogP contribution in [-0.2, 0) is 0 Å². The van der Waals surface area contributed by atoms with Gasteiger partial charge in [0.15, 0.2) is 5.82 Å². The van der Waals surface area contributed by atoms with Gasteiger partial charge in [-0.2, -0.15) is 0 Å². The van der Waals surface area contributed by atoms with Crippen LogP contribution in [0.3, 0.4) is 0 Å². The fraction of sp³-hybridized carbons (Fsp3) is 0.308. The monoisotopic (exact) mass is 526 g/mol. The van der Waals surface area contributed by atoms with Crippen LogP contribution < -0.4 is 15.8 Å². The van der Waals surface area contributed by atoms with E-state index in [-0.39, 0.29) is 41.5 Å². The number of amides is 1. The molecule has 0 aliphatic carbocycles. The average molecular weight is 527 g/mol. The molecule has 3 heterocycles. The summed E-state index contributed by atoms with van der Waals surface area (Å²) >= 11 is 6.40. The third kappa shape index (κ3) is 5.07. The third-order valence-corrected chi connectivity index (χ3v) is 6.15. The Balaban J connectivity index is 1.87. The lowest BCUT2D eigenvalue weighted by molar-refractivity contribution is 0.0940. The second kappa shape index (κ2) is 10.7. The first-order chi connectivity index (χ1) is 17.6. The Labute approximate surface area is 218 Å². The number of hydrogen-bond acceptors (Lipinski definition) is 7. The Kier molecular flexibility index (Phi) is 7.60. The van der Waals surface area contributed by atoms with Gasteiger partial charge >= 0.3 is 0 Å². The molecule has 37 heavy (non-hydrogen) atoms. The highest BCUT2D eigenvalue weighted by atomic mass is 35.5. The minimum atomic E-state index is -0.662. The van der Waals surface area contributed by atoms with Crippen molar-refractivity contribution in [3.05, 3.63) is 70.4 Å². The zero-order valence-electron chi connectivity index (χ0n) is 20.9. The van der Waals surface area contributed by atoms with Crippen LogP contribution in [0.25, 0.3) is 16.6 Å². The van der Waals surface area contributed by atoms with E-state index in [1.165, 1.54) is 12.3 Å². The number of carbonyl (C=O) groups excluding carboxylic acids is 1. The van der Waals surface area contributed by atoms with Crippen LogP contribution in [0, 0.1) is 12.7 Å². The van der Waals surface area contributed by atoms with E-state index in [9.17, 15) is 4.79 Å². The number of rotatable bonds is 8. The lowest BCUT2D eigenvalue weighted by Gasteiger charge is -2.23. The first-order valence-electron chi connectivity index (χ1n) is 11.8. The van der Waals surface area contributed by atoms with Gasteiger partial charge in [-0.05, 0) is 32.9 Å². The van der Waals surface area contributed by atoms with Crippen molar-refractivity contribution in [3.8, 4) is 16.9 Å². The number of anilines is 1. The van der Waals surface area contributed by atoms with Crippen LogP contribution in [-0.4, -0.2) is 49.6 Å². The molecular weight excluding hydrogens is 499 g/mol. The molecule has 9 nitrogen and oxygen atoms in total. The van der Waals surface area contributed by atoms with E-state index in [0.717, 1.165) is 0 Å². The minimum absolute atomic E-state index is 0.0866. The van der Waals surface area contributed by atoms with E-state index >= 15 is 4.39 Å². The van der Waals surface area contributed by atoms with Crippen LogP contribution in [0.2, 0.25) is 5.02 Å². The fourth-order valence-electron chi connectivity index (χ4n) is 4.22. The lowest BCUT2D eigenvalue weighted by atomic mass is 9.93. The number of carbonyl (C=O) groups is 1. The SMILES string of the molecule is Cc1nc([C@@H](C)c2cc(Cl)c(F)c(-c3ccc(C(=O)NCCO)nc3)c2OC(C)C)n2ccnc(N)c12. The Morgan fingerprint density at radius 1 is 1.30 bits per heavy atom. The lowest BCUT2D eigenvalue weighted by Crippen LogP contribution is -2.27. The number of aliphatic hydroxyl groups is 1. The number of imidazole rings is 1. The molecule has 0 bridgehead atoms. The van der Waals surface area contributed by atoms with Crippen LogP contribution in [0.1, 0.15) is 54.3 Å². The van der Waals surface area contributed by atoms with Gasteiger partial charge in [0, 0.05) is 42.2 Å². The molecule has 0 fully saturated rings. The zero-order chi connectivity index (χ0) is 26.9. The summed E-state index contributed by atoms with van der Waals surface area (Å²) in [7, 11) is 0. The van der Waals surface area contributed by atoms with E-state index in [1.807, 2.05) is 32.1 Å². The molecule has 4 aromatic rings. The summed E-state index contributed by atoms with van der Waals surface area (Å²) in [6.07, 6.45) is 4.49. The molecule has 11 heteroatoms. The number of pyridine rings is 1. The number of benzene rings is 1. The Morgan fingerprint density at radius 3 is 2.70 bits per heavy atom. The van der Waals surface area contributed by atoms with E-state index in [1.54, 1.807) is 24.5 Å². The summed E-state index contributed by atoms with van der Waals surface area (Å²) in [5, 5.41) is 11.4. The smallest absolute Gasteiger partial charge is 0.269 e. The normalized spacial score (nSPS) is 12.2. The van der Waals surface area contributed by atoms with Crippen LogP contribution in [0.15, 0.2) is 36.8 Å². The molecule has 194 valence electrons. The number of fused-ring (bicyclic) bond motifs is 1. The zero-order valence-corrected chi connectivity index (χ0v) is 21.7. The van der Waals surface area contributed by atoms with Gasteiger partial charge in [0.2, 0.25) is 0 Å². The number of aryl methyl sites for hydroxylation is 1. The van der Waals surface area contributed by atoms with Gasteiger partial charge in [-0.15, -0.1) is 0 Å². The molecule has 1 aromatic carbocycles. The highest BCUT2D eigenvalue weighted by Gasteiger charge is 2.28. The number of hydrogen-bond donors (Lipinski definition) is 3. The Bertz CT molecular complexity index is 1460. The molecule has 0 unspecified atom stereocenters. The van der Waals surface area contributed by atoms with E-state index in [4.69, 9.17) is 32.2 Å². The predicted octanol–water partition coefficient (Wildman–Crippen LogP) is 4.14. The number of halogens is 2. The second-order valence-electron chi connectivity index (χ2n) is 8.85. The predicted molar refractivity (Wildman–Crippen MR) is 139 cm³/mol. The number of aromatic nitrogens is 4. The van der Waals surface area contributed by atoms with Gasteiger partial charge in [-0.25, -0.2) is 14.4 Å². The summed E-state index contributed by atoms with van der Waals surface area (Å²) in [5.74, 6) is -0.153. The molecule has 3 aromatic heterocycles. The molecular formula is C26H28ClFN6O3. The Hall–Kier alpha value is -3.76. The van der Waals surface area contributed by atoms with Crippen LogP contribution in [0.5, 0.6) is 5.75 Å². The van der Waals surface area contributed by atoms with Gasteiger partial charge in [0.1, 0.15) is 28.6 Å². The van der Waals surface area contributed by atoms with Gasteiger partial charge in [0.05, 0.1) is 29.0 Å². The van der Waals surface area contributed by atoms with E-state index in [2.05, 4.69) is 15.3 Å². The number of nitrogens with one attached hydrogen (secondary N) is 1. The summed E-state index contributed by atoms with van der Waals surface area (Å²) in [4.78, 5) is 25.3. The van der Waals surface area contributed by atoms with Crippen molar-refractivity contribution >= 4 is 28.8 Å². The van der Waals surface area contributed by atoms with Gasteiger partial charge in [-0.1, -0.05) is 24.6 Å². The molecule has 0 saturated carbocycles. The third-order valence-electron chi connectivity index (χ3n) is 5.87. The summed E-state index contributed by atoms with van der Waals surface area (Å²) < 4.78 is 23.6. The first-order valence-corrected chi connectivity index (χ1v) is 12.1. The molecule has 0 saturated heterocycles. The number of nitrogens with two attached hydrogens (primary N) is 1. The molecule has 0 aliphatic rings. The van der Waals surface area contributed by atoms with Gasteiger partial charge < -0.3 is 20.9 Å². The van der Waals surface area contributed by atoms with Crippen molar-refractivity contribution in [2.75, 3.05) is 18.9 Å². The fourth-order valence-corrected chi connectivity index (χ4v) is 4.43. The molecule has 0 aliphatic heterocycles. The van der Waals surface area contributed by atoms with Gasteiger partial charge in [-0.3, -0.25) is 14.2 Å². The maximum absolute atomic E-state index is 15.6. The van der Waals surface area contributed by atoms with Crippen molar-refractivity contribution in [2.45, 2.75) is 39.7 Å². The maximum atomic E-state index is 15.6. The van der Waals surface area contributed by atoms with E-state index < -0.39 is 11.7 Å². The first kappa shape index (κ1) is 26.3. The molecule has 1 atom stereocenters. The molecule has 0 radical (unpaired) electrons. The average Bonchev–Trinajstić information content (AvgIpc) is 3.21. The van der Waals surface area contributed by atoms with E-state index in [0.29, 0.717) is 39.7 Å². The molecule has 4 N–H and O–H groups in total. The number of nitrogens with zero attached hydrogens (tertiary/aromatic N) is 4. The van der Waals surface area contributed by atoms with Crippen molar-refractivity contribution < 1.29 is 19.0 Å². The van der Waals surface area contributed by atoms with Crippen molar-refractivity contribution in [1.82, 2.24) is 24.7 Å². The van der Waals surface area contributed by atoms with Crippen LogP contribution in [0.4, 0.5) is 10.2 Å². The highest BCUT2D eigenvalue weighted by Crippen LogP contribution is 2.44. The van der Waals surface area contributed by atoms with Crippen molar-refractivity contribution in [3.63, 3.8) is 0 Å². The standard InChI is InChI=1S/C26H28ClFN6O3/c1-13(2)37-23-17(14(3)25-33-15(4)22-24(29)30-7-9-34(22)25)11-18(27)21(28)20(23)16-5-6-19(32-12-16)26(36)31-8-10-35/h5-7,9,11-14,35H,8,10H2,1-4H3,(H2,29,30)(H,31,36)/t14-/m0/s1. The maximum Gasteiger partial charge on any atom is 0.269 e. The Morgan fingerprint density at radius 2 is 2.05 bits per heavy atom. The van der Waals surface area contributed by atoms with Crippen molar-refractivity contribution in [2.24, 2.45) is 0 Å². The topological polar surface area (TPSA) is 128 Å². The molecule has 4 rings (SSSR count). The second-order valence-corrected chi connectivity index (χ2v) is 9.26. The van der Waals surface area contributed by atoms with Gasteiger partial charge in [0.25, 0.3) is 5.91 Å². The quantitative estimate of drug-likeness (QED) is 0.315. The minimum Gasteiger partial charge on any atom is -0.490 e. The number of nitrogen functional groups attached to an aromatic ring is 1. The summed E-state index contributed by atoms with van der Waals surface area (Å²) in [6, 6.07) is 4.61. The molecule has 1 amide bonds. The summed E-state index contributed by atoms with van der Waals surface area (Å²) in [6.45, 7) is 7.38. The van der Waals surface area contributed by atoms with Crippen molar-refractivity contribution in [1.29, 1.82) is 0 Å². The highest BCUT2D eigenvalue weighted by molar-refractivity contribution is 6.31. The number of aliphatic hydroxyl groups excluding tert-OH is 1. The molecule has 0 spiro atoms. The number of ether oxygens (including phenoxy) is 1. The summed E-state index contributed by atoms with van der Waals surface area (Å²) in [5.41, 5.74) is 8.79. The largest absolute Gasteiger partial charge is 0.490 e. The van der Waals surface area contributed by atoms with Crippen LogP contribution >= 0.6 is 11.6 Å².